The van der Waals surface area contributed by atoms with Gasteiger partial charge in [-0.1, -0.05) is 0 Å². The first kappa shape index (κ1) is 8.99. The molecule has 68 valence electrons. The Bertz CT molecular complexity index is 223. The highest BCUT2D eigenvalue weighted by atomic mass is 16.4. The van der Waals surface area contributed by atoms with Crippen LogP contribution in [0.4, 0.5) is 0 Å². The summed E-state index contributed by atoms with van der Waals surface area (Å²) in [6.45, 7) is 1.41. The van der Waals surface area contributed by atoms with Crippen molar-refractivity contribution in [3.8, 4) is 0 Å². The van der Waals surface area contributed by atoms with Gasteiger partial charge in [0.05, 0.1) is 5.54 Å². The lowest BCUT2D eigenvalue weighted by Gasteiger charge is -2.12. The van der Waals surface area contributed by atoms with E-state index in [0.717, 1.165) is 0 Å². The van der Waals surface area contributed by atoms with Gasteiger partial charge in [-0.3, -0.25) is 9.59 Å². The second-order valence-electron chi connectivity index (χ2n) is 3.19. The third-order valence-corrected chi connectivity index (χ3v) is 1.96. The predicted molar refractivity (Wildman–Crippen MR) is 41.4 cm³/mol. The fourth-order valence-electron chi connectivity index (χ4n) is 0.764. The van der Waals surface area contributed by atoms with Gasteiger partial charge in [-0.2, -0.15) is 0 Å². The monoisotopic (exact) mass is 172 g/mol. The van der Waals surface area contributed by atoms with Gasteiger partial charge in [-0.15, -0.1) is 0 Å². The van der Waals surface area contributed by atoms with E-state index in [1.807, 2.05) is 0 Å². The van der Waals surface area contributed by atoms with Crippen LogP contribution in [-0.4, -0.2) is 28.6 Å². The molecule has 0 aromatic carbocycles. The van der Waals surface area contributed by atoms with E-state index in [4.69, 9.17) is 10.8 Å². The van der Waals surface area contributed by atoms with Crippen molar-refractivity contribution in [1.29, 1.82) is 0 Å². The zero-order valence-corrected chi connectivity index (χ0v) is 6.83. The fourth-order valence-corrected chi connectivity index (χ4v) is 0.764. The van der Waals surface area contributed by atoms with E-state index < -0.39 is 17.6 Å². The molecule has 0 aromatic rings. The maximum atomic E-state index is 11.1. The number of hydrogen-bond acceptors (Lipinski definition) is 3. The van der Waals surface area contributed by atoms with Crippen LogP contribution < -0.4 is 11.1 Å². The number of hydrogen-bond donors (Lipinski definition) is 3. The Kier molecular flexibility index (Phi) is 2.06. The molecule has 0 aliphatic heterocycles. The van der Waals surface area contributed by atoms with E-state index in [1.165, 1.54) is 6.92 Å². The van der Waals surface area contributed by atoms with Gasteiger partial charge < -0.3 is 16.2 Å². The SMILES string of the molecule is C[C@H](NC(=O)C1(N)CC1)C(=O)O. The maximum Gasteiger partial charge on any atom is 0.325 e. The lowest BCUT2D eigenvalue weighted by atomic mass is 10.2. The topological polar surface area (TPSA) is 92.4 Å². The van der Waals surface area contributed by atoms with Crippen molar-refractivity contribution >= 4 is 11.9 Å². The number of carboxylic acids is 1. The number of carbonyl (C=O) groups is 2. The molecular weight excluding hydrogens is 160 g/mol. The minimum absolute atomic E-state index is 0.364. The van der Waals surface area contributed by atoms with Crippen LogP contribution in [0.2, 0.25) is 0 Å². The molecule has 5 nitrogen and oxygen atoms in total. The summed E-state index contributed by atoms with van der Waals surface area (Å²) in [5.41, 5.74) is 4.75. The molecule has 0 unspecified atom stereocenters. The Morgan fingerprint density at radius 2 is 2.08 bits per heavy atom. The molecule has 0 aromatic heterocycles. The van der Waals surface area contributed by atoms with E-state index in [2.05, 4.69) is 5.32 Å². The van der Waals surface area contributed by atoms with Gasteiger partial charge >= 0.3 is 5.97 Å². The summed E-state index contributed by atoms with van der Waals surface area (Å²) < 4.78 is 0. The summed E-state index contributed by atoms with van der Waals surface area (Å²) in [6.07, 6.45) is 1.29. The molecule has 1 aliphatic rings. The molecule has 4 N–H and O–H groups in total. The highest BCUT2D eigenvalue weighted by molar-refractivity contribution is 5.92. The standard InChI is InChI=1S/C7H12N2O3/c1-4(5(10)11)9-6(12)7(8)2-3-7/h4H,2-3,8H2,1H3,(H,9,12)(H,10,11)/t4-/m0/s1. The van der Waals surface area contributed by atoms with Crippen LogP contribution >= 0.6 is 0 Å². The molecule has 1 fully saturated rings. The molecule has 1 atom stereocenters. The Morgan fingerprint density at radius 3 is 2.42 bits per heavy atom. The molecule has 0 radical (unpaired) electrons. The zero-order chi connectivity index (χ0) is 9.35. The maximum absolute atomic E-state index is 11.1. The first-order chi connectivity index (χ1) is 5.46. The number of amides is 1. The van der Waals surface area contributed by atoms with Crippen molar-refractivity contribution in [2.24, 2.45) is 5.73 Å². The smallest absolute Gasteiger partial charge is 0.325 e. The minimum atomic E-state index is -1.05. The number of carboxylic acid groups (broad SMARTS) is 1. The van der Waals surface area contributed by atoms with Crippen LogP contribution in [-0.2, 0) is 9.59 Å². The van der Waals surface area contributed by atoms with Gasteiger partial charge in [0.2, 0.25) is 5.91 Å². The van der Waals surface area contributed by atoms with Crippen molar-refractivity contribution in [3.63, 3.8) is 0 Å². The molecule has 0 bridgehead atoms. The number of nitrogens with two attached hydrogens (primary N) is 1. The van der Waals surface area contributed by atoms with Crippen molar-refractivity contribution in [1.82, 2.24) is 5.32 Å². The van der Waals surface area contributed by atoms with Gasteiger partial charge in [0.1, 0.15) is 6.04 Å². The van der Waals surface area contributed by atoms with Crippen LogP contribution in [0.15, 0.2) is 0 Å². The summed E-state index contributed by atoms with van der Waals surface area (Å²) in [6, 6.07) is -0.862. The Morgan fingerprint density at radius 1 is 1.58 bits per heavy atom. The van der Waals surface area contributed by atoms with Crippen molar-refractivity contribution in [2.75, 3.05) is 0 Å². The van der Waals surface area contributed by atoms with Crippen LogP contribution in [0.1, 0.15) is 19.8 Å². The number of carbonyl (C=O) groups excluding carboxylic acids is 1. The summed E-state index contributed by atoms with van der Waals surface area (Å²) in [7, 11) is 0. The van der Waals surface area contributed by atoms with Crippen LogP contribution in [0.25, 0.3) is 0 Å². The highest BCUT2D eigenvalue weighted by Crippen LogP contribution is 2.32. The predicted octanol–water partition coefficient (Wildman–Crippen LogP) is -0.933. The van der Waals surface area contributed by atoms with Gasteiger partial charge in [-0.05, 0) is 19.8 Å². The molecule has 0 saturated heterocycles. The number of aliphatic carboxylic acids is 1. The molecule has 1 saturated carbocycles. The lowest BCUT2D eigenvalue weighted by molar-refractivity contribution is -0.141. The van der Waals surface area contributed by atoms with Crippen LogP contribution in [0.5, 0.6) is 0 Å². The first-order valence-corrected chi connectivity index (χ1v) is 3.78. The van der Waals surface area contributed by atoms with E-state index in [0.29, 0.717) is 12.8 Å². The van der Waals surface area contributed by atoms with E-state index in [1.54, 1.807) is 0 Å². The second kappa shape index (κ2) is 2.75. The van der Waals surface area contributed by atoms with Crippen molar-refractivity contribution in [3.05, 3.63) is 0 Å². The first-order valence-electron chi connectivity index (χ1n) is 3.78. The largest absolute Gasteiger partial charge is 0.480 e. The van der Waals surface area contributed by atoms with E-state index in [9.17, 15) is 9.59 Å². The van der Waals surface area contributed by atoms with Gasteiger partial charge in [-0.25, -0.2) is 0 Å². The number of nitrogens with one attached hydrogen (secondary N) is 1. The van der Waals surface area contributed by atoms with Crippen molar-refractivity contribution < 1.29 is 14.7 Å². The number of rotatable bonds is 3. The summed E-state index contributed by atoms with van der Waals surface area (Å²) in [5.74, 6) is -1.41. The Hall–Kier alpha value is -1.10. The zero-order valence-electron chi connectivity index (χ0n) is 6.83. The van der Waals surface area contributed by atoms with E-state index in [-0.39, 0.29) is 5.91 Å². The van der Waals surface area contributed by atoms with Gasteiger partial charge in [0, 0.05) is 0 Å². The van der Waals surface area contributed by atoms with Gasteiger partial charge in [0.25, 0.3) is 0 Å². The average molecular weight is 172 g/mol. The molecule has 0 heterocycles. The normalized spacial score (nSPS) is 21.2. The molecule has 1 rings (SSSR count). The Labute approximate surface area is 69.9 Å². The minimum Gasteiger partial charge on any atom is -0.480 e. The van der Waals surface area contributed by atoms with Crippen molar-refractivity contribution in [2.45, 2.75) is 31.3 Å². The second-order valence-corrected chi connectivity index (χ2v) is 3.19. The van der Waals surface area contributed by atoms with Crippen LogP contribution in [0, 0.1) is 0 Å². The van der Waals surface area contributed by atoms with E-state index >= 15 is 0 Å². The summed E-state index contributed by atoms with van der Waals surface area (Å²) in [4.78, 5) is 21.5. The van der Waals surface area contributed by atoms with Crippen LogP contribution in [0.3, 0.4) is 0 Å². The quantitative estimate of drug-likeness (QED) is 0.512. The fraction of sp³-hybridized carbons (Fsp3) is 0.714. The Balaban J connectivity index is 2.41. The molecule has 1 amide bonds. The summed E-state index contributed by atoms with van der Waals surface area (Å²) >= 11 is 0. The van der Waals surface area contributed by atoms with Gasteiger partial charge in [0.15, 0.2) is 0 Å². The molecular formula is C7H12N2O3. The molecule has 12 heavy (non-hydrogen) atoms. The average Bonchev–Trinajstić information content (AvgIpc) is 2.69. The molecule has 0 spiro atoms. The lowest BCUT2D eigenvalue weighted by Crippen LogP contribution is -2.48. The molecule has 1 aliphatic carbocycles. The summed E-state index contributed by atoms with van der Waals surface area (Å²) in [5, 5.41) is 10.8. The molecule has 5 heteroatoms. The highest BCUT2D eigenvalue weighted by Gasteiger charge is 2.46. The third kappa shape index (κ3) is 1.73. The third-order valence-electron chi connectivity index (χ3n) is 1.96.